The molecule has 0 aromatic heterocycles. The van der Waals surface area contributed by atoms with Crippen LogP contribution in [0.2, 0.25) is 10.0 Å². The Balaban J connectivity index is 0.000000182. The molecule has 1 aliphatic rings. The van der Waals surface area contributed by atoms with E-state index in [0.717, 1.165) is 30.5 Å². The number of nitrogens with zero attached hydrogens (tertiary/aromatic N) is 1. The number of carbonyl (C=O) groups excluding carboxylic acids is 1. The number of nitro groups is 1. The van der Waals surface area contributed by atoms with Gasteiger partial charge in [-0.2, -0.15) is 0 Å². The summed E-state index contributed by atoms with van der Waals surface area (Å²) in [5, 5.41) is 15.4. The smallest absolute Gasteiger partial charge is 0.269 e. The molecule has 0 aliphatic carbocycles. The van der Waals surface area contributed by atoms with Gasteiger partial charge in [0.25, 0.3) is 5.69 Å². The Labute approximate surface area is 197 Å². The predicted octanol–water partition coefficient (Wildman–Crippen LogP) is 6.36. The Bertz CT molecular complexity index is 1050. The monoisotopic (exact) mass is 470 g/mol. The van der Waals surface area contributed by atoms with Crippen molar-refractivity contribution in [3.63, 3.8) is 0 Å². The van der Waals surface area contributed by atoms with Gasteiger partial charge in [-0.3, -0.25) is 14.9 Å². The van der Waals surface area contributed by atoms with Gasteiger partial charge in [0.2, 0.25) is 0 Å². The minimum absolute atomic E-state index is 0.0189. The Hall–Kier alpha value is -2.73. The summed E-state index contributed by atoms with van der Waals surface area (Å²) in [6.07, 6.45) is 3.58. The van der Waals surface area contributed by atoms with Crippen LogP contribution < -0.4 is 5.32 Å². The summed E-state index contributed by atoms with van der Waals surface area (Å²) in [6, 6.07) is 20.2. The summed E-state index contributed by atoms with van der Waals surface area (Å²) in [5.41, 5.74) is 2.23. The molecule has 0 radical (unpaired) electrons. The maximum absolute atomic E-state index is 12.0. The second kappa shape index (κ2) is 11.8. The predicted molar refractivity (Wildman–Crippen MR) is 129 cm³/mol. The standard InChI is InChI=1S/C13H9NO3.C12H15Cl2N/c15-13(10-4-2-1-3-5-10)11-6-8-12(9-7-11)14(16)17;13-11-2-1-10(12(14)8-11)7-9-3-5-15-6-4-9/h1-9H;1-2,8-9,15H,3-7H2. The zero-order valence-corrected chi connectivity index (χ0v) is 19.0. The van der Waals surface area contributed by atoms with Crippen molar-refractivity contribution in [2.45, 2.75) is 19.3 Å². The molecule has 1 fully saturated rings. The van der Waals surface area contributed by atoms with Crippen LogP contribution in [-0.2, 0) is 6.42 Å². The number of carbonyl (C=O) groups is 1. The van der Waals surface area contributed by atoms with Gasteiger partial charge in [-0.1, -0.05) is 59.6 Å². The number of hydrogen-bond acceptors (Lipinski definition) is 4. The molecule has 7 heteroatoms. The first-order valence-electron chi connectivity index (χ1n) is 10.4. The van der Waals surface area contributed by atoms with E-state index in [9.17, 15) is 14.9 Å². The summed E-state index contributed by atoms with van der Waals surface area (Å²) in [6.45, 7) is 2.27. The van der Waals surface area contributed by atoms with Crippen LogP contribution in [0, 0.1) is 16.0 Å². The molecule has 3 aromatic rings. The molecule has 166 valence electrons. The minimum Gasteiger partial charge on any atom is -0.317 e. The number of nitrogens with one attached hydrogen (secondary N) is 1. The molecule has 1 aliphatic heterocycles. The summed E-state index contributed by atoms with van der Waals surface area (Å²) in [7, 11) is 0. The Morgan fingerprint density at radius 2 is 1.56 bits per heavy atom. The van der Waals surface area contributed by atoms with Crippen molar-refractivity contribution < 1.29 is 9.72 Å². The summed E-state index contributed by atoms with van der Waals surface area (Å²) < 4.78 is 0. The Morgan fingerprint density at radius 3 is 2.16 bits per heavy atom. The summed E-state index contributed by atoms with van der Waals surface area (Å²) in [5.74, 6) is 0.630. The van der Waals surface area contributed by atoms with E-state index in [0.29, 0.717) is 16.1 Å². The molecule has 1 saturated heterocycles. The molecule has 0 bridgehead atoms. The van der Waals surface area contributed by atoms with E-state index < -0.39 is 4.92 Å². The molecule has 0 atom stereocenters. The van der Waals surface area contributed by atoms with E-state index in [4.69, 9.17) is 23.2 Å². The van der Waals surface area contributed by atoms with E-state index in [1.807, 2.05) is 24.3 Å². The number of nitro benzene ring substituents is 1. The van der Waals surface area contributed by atoms with Crippen molar-refractivity contribution in [3.05, 3.63) is 110 Å². The second-order valence-electron chi connectivity index (χ2n) is 7.63. The topological polar surface area (TPSA) is 72.2 Å². The fraction of sp³-hybridized carbons (Fsp3) is 0.240. The van der Waals surface area contributed by atoms with Gasteiger partial charge in [0.15, 0.2) is 5.78 Å². The average molecular weight is 471 g/mol. The third-order valence-corrected chi connectivity index (χ3v) is 5.95. The fourth-order valence-electron chi connectivity index (χ4n) is 3.57. The van der Waals surface area contributed by atoms with E-state index in [1.165, 1.54) is 42.7 Å². The molecule has 1 N–H and O–H groups in total. The van der Waals surface area contributed by atoms with Crippen LogP contribution in [0.1, 0.15) is 34.3 Å². The Kier molecular flexibility index (Phi) is 8.80. The van der Waals surface area contributed by atoms with Crippen LogP contribution in [0.3, 0.4) is 0 Å². The largest absolute Gasteiger partial charge is 0.317 e. The number of halogens is 2. The van der Waals surface area contributed by atoms with Crippen LogP contribution in [0.25, 0.3) is 0 Å². The minimum atomic E-state index is -0.489. The van der Waals surface area contributed by atoms with Crippen molar-refractivity contribution in [1.29, 1.82) is 0 Å². The van der Waals surface area contributed by atoms with Crippen molar-refractivity contribution in [3.8, 4) is 0 Å². The number of piperidine rings is 1. The van der Waals surface area contributed by atoms with E-state index in [-0.39, 0.29) is 11.5 Å². The third-order valence-electron chi connectivity index (χ3n) is 5.36. The van der Waals surface area contributed by atoms with Crippen LogP contribution in [-0.4, -0.2) is 23.8 Å². The molecule has 0 unspecified atom stereocenters. The van der Waals surface area contributed by atoms with Crippen molar-refractivity contribution in [2.75, 3.05) is 13.1 Å². The number of ketones is 1. The van der Waals surface area contributed by atoms with Crippen molar-refractivity contribution >= 4 is 34.7 Å². The van der Waals surface area contributed by atoms with Gasteiger partial charge in [-0.05, 0) is 68.1 Å². The summed E-state index contributed by atoms with van der Waals surface area (Å²) in [4.78, 5) is 21.9. The van der Waals surface area contributed by atoms with Gasteiger partial charge in [0.05, 0.1) is 4.92 Å². The van der Waals surface area contributed by atoms with Gasteiger partial charge in [0.1, 0.15) is 0 Å². The van der Waals surface area contributed by atoms with Crippen molar-refractivity contribution in [2.24, 2.45) is 5.92 Å². The van der Waals surface area contributed by atoms with E-state index >= 15 is 0 Å². The van der Waals surface area contributed by atoms with Crippen LogP contribution in [0.4, 0.5) is 5.69 Å². The van der Waals surface area contributed by atoms with E-state index in [1.54, 1.807) is 24.3 Å². The maximum atomic E-state index is 12.0. The lowest BCUT2D eigenvalue weighted by atomic mass is 9.91. The second-order valence-corrected chi connectivity index (χ2v) is 8.48. The highest BCUT2D eigenvalue weighted by molar-refractivity contribution is 6.35. The molecule has 3 aromatic carbocycles. The first-order valence-corrected chi connectivity index (χ1v) is 11.2. The van der Waals surface area contributed by atoms with Gasteiger partial charge in [-0.15, -0.1) is 0 Å². The lowest BCUT2D eigenvalue weighted by molar-refractivity contribution is -0.384. The number of rotatable bonds is 5. The lowest BCUT2D eigenvalue weighted by Crippen LogP contribution is -2.28. The van der Waals surface area contributed by atoms with Crippen LogP contribution in [0.5, 0.6) is 0 Å². The van der Waals surface area contributed by atoms with Gasteiger partial charge in [-0.25, -0.2) is 0 Å². The molecule has 1 heterocycles. The van der Waals surface area contributed by atoms with Gasteiger partial charge in [0, 0.05) is 33.3 Å². The fourth-order valence-corrected chi connectivity index (χ4v) is 4.06. The first kappa shape index (κ1) is 23.9. The molecule has 0 amide bonds. The quantitative estimate of drug-likeness (QED) is 0.267. The zero-order chi connectivity index (χ0) is 22.9. The van der Waals surface area contributed by atoms with Crippen LogP contribution in [0.15, 0.2) is 72.8 Å². The highest BCUT2D eigenvalue weighted by atomic mass is 35.5. The first-order chi connectivity index (χ1) is 15.4. The van der Waals surface area contributed by atoms with E-state index in [2.05, 4.69) is 5.32 Å². The SMILES string of the molecule is Clc1ccc(CC2CCNCC2)c(Cl)c1.O=C(c1ccccc1)c1ccc([N+](=O)[O-])cc1. The Morgan fingerprint density at radius 1 is 0.938 bits per heavy atom. The molecular weight excluding hydrogens is 447 g/mol. The number of hydrogen-bond donors (Lipinski definition) is 1. The lowest BCUT2D eigenvalue weighted by Gasteiger charge is -2.22. The molecular formula is C25H24Cl2N2O3. The number of non-ortho nitro benzene ring substituents is 1. The molecule has 4 rings (SSSR count). The maximum Gasteiger partial charge on any atom is 0.269 e. The molecule has 32 heavy (non-hydrogen) atoms. The molecule has 5 nitrogen and oxygen atoms in total. The highest BCUT2D eigenvalue weighted by Gasteiger charge is 2.15. The third kappa shape index (κ3) is 6.89. The molecule has 0 spiro atoms. The van der Waals surface area contributed by atoms with Crippen molar-refractivity contribution in [1.82, 2.24) is 5.32 Å². The zero-order valence-electron chi connectivity index (χ0n) is 17.5. The normalized spacial score (nSPS) is 13.7. The van der Waals surface area contributed by atoms with Crippen LogP contribution >= 0.6 is 23.2 Å². The summed E-state index contributed by atoms with van der Waals surface area (Å²) >= 11 is 12.0. The average Bonchev–Trinajstić information content (AvgIpc) is 2.82. The molecule has 0 saturated carbocycles. The van der Waals surface area contributed by atoms with Gasteiger partial charge < -0.3 is 5.32 Å². The van der Waals surface area contributed by atoms with Gasteiger partial charge >= 0.3 is 0 Å². The number of benzene rings is 3. The highest BCUT2D eigenvalue weighted by Crippen LogP contribution is 2.26.